The highest BCUT2D eigenvalue weighted by Crippen LogP contribution is 2.37. The number of benzene rings is 2. The van der Waals surface area contributed by atoms with Gasteiger partial charge in [-0.05, 0) is 58.0 Å². The Balaban J connectivity index is 1.82. The predicted molar refractivity (Wildman–Crippen MR) is 140 cm³/mol. The van der Waals surface area contributed by atoms with Gasteiger partial charge in [-0.25, -0.2) is 0 Å². The maximum atomic E-state index is 12.8. The molecule has 5 nitrogen and oxygen atoms in total. The summed E-state index contributed by atoms with van der Waals surface area (Å²) >= 11 is 23.6. The summed E-state index contributed by atoms with van der Waals surface area (Å²) in [4.78, 5) is 14.6. The highest BCUT2D eigenvalue weighted by atomic mass is 35.5. The van der Waals surface area contributed by atoms with Crippen LogP contribution in [0.25, 0.3) is 0 Å². The number of carbonyl (C=O) groups is 1. The lowest BCUT2D eigenvalue weighted by Gasteiger charge is -2.30. The van der Waals surface area contributed by atoms with Crippen molar-refractivity contribution in [2.75, 3.05) is 19.8 Å². The minimum absolute atomic E-state index is 0.00874. The summed E-state index contributed by atoms with van der Waals surface area (Å²) < 4.78 is 17.1. The largest absolute Gasteiger partial charge is 0.493 e. The molecule has 2 aromatic rings. The van der Waals surface area contributed by atoms with Crippen LogP contribution in [0.15, 0.2) is 47.0 Å². The third-order valence-corrected chi connectivity index (χ3v) is 5.58. The lowest BCUT2D eigenvalue weighted by atomic mass is 10.1. The van der Waals surface area contributed by atoms with Crippen LogP contribution in [0.3, 0.4) is 0 Å². The first-order chi connectivity index (χ1) is 16.1. The van der Waals surface area contributed by atoms with Crippen molar-refractivity contribution >= 4 is 52.3 Å². The molecule has 0 aliphatic rings. The van der Waals surface area contributed by atoms with Gasteiger partial charge in [0.2, 0.25) is 0 Å². The molecule has 0 heterocycles. The monoisotopic (exact) mass is 547 g/mol. The predicted octanol–water partition coefficient (Wildman–Crippen LogP) is 7.80. The van der Waals surface area contributed by atoms with Crippen LogP contribution in [-0.4, -0.2) is 42.7 Å². The fraction of sp³-hybridized carbons (Fsp3) is 0.400. The zero-order valence-corrected chi connectivity index (χ0v) is 22.6. The fourth-order valence-electron chi connectivity index (χ4n) is 3.29. The van der Waals surface area contributed by atoms with Crippen molar-refractivity contribution in [3.05, 3.63) is 62.6 Å². The number of carbonyl (C=O) groups excluding carboxylic acids is 1. The third kappa shape index (κ3) is 8.77. The Hall–Kier alpha value is -1.79. The van der Waals surface area contributed by atoms with Crippen LogP contribution in [0.4, 0.5) is 0 Å². The van der Waals surface area contributed by atoms with Gasteiger partial charge < -0.3 is 19.1 Å². The van der Waals surface area contributed by atoms with Gasteiger partial charge in [-0.15, -0.1) is 0 Å². The maximum Gasteiger partial charge on any atom is 0.254 e. The molecule has 1 amide bonds. The van der Waals surface area contributed by atoms with Gasteiger partial charge in [-0.3, -0.25) is 4.79 Å². The zero-order valence-electron chi connectivity index (χ0n) is 19.6. The van der Waals surface area contributed by atoms with E-state index in [9.17, 15) is 4.79 Å². The number of rotatable bonds is 12. The minimum atomic E-state index is 0.00874. The Morgan fingerprint density at radius 3 is 1.97 bits per heavy atom. The van der Waals surface area contributed by atoms with Gasteiger partial charge in [0.05, 0.1) is 23.3 Å². The molecule has 0 saturated carbocycles. The summed E-state index contributed by atoms with van der Waals surface area (Å²) in [6.45, 7) is 9.02. The van der Waals surface area contributed by atoms with Crippen LogP contribution < -0.4 is 14.2 Å². The van der Waals surface area contributed by atoms with Crippen molar-refractivity contribution in [3.63, 3.8) is 0 Å². The smallest absolute Gasteiger partial charge is 0.254 e. The molecule has 2 aromatic carbocycles. The van der Waals surface area contributed by atoms with Gasteiger partial charge in [-0.1, -0.05) is 46.4 Å². The molecule has 0 aliphatic carbocycles. The van der Waals surface area contributed by atoms with Crippen molar-refractivity contribution in [3.8, 4) is 17.2 Å². The van der Waals surface area contributed by atoms with Crippen LogP contribution in [-0.2, 0) is 0 Å². The Morgan fingerprint density at radius 2 is 1.44 bits per heavy atom. The van der Waals surface area contributed by atoms with Gasteiger partial charge in [0.1, 0.15) is 22.6 Å². The Bertz CT molecular complexity index is 942. The molecular weight excluding hydrogens is 520 g/mol. The number of hydrogen-bond acceptors (Lipinski definition) is 4. The van der Waals surface area contributed by atoms with Crippen LogP contribution >= 0.6 is 46.4 Å². The van der Waals surface area contributed by atoms with E-state index in [1.165, 1.54) is 6.08 Å². The van der Waals surface area contributed by atoms with Crippen LogP contribution in [0.2, 0.25) is 10.0 Å². The van der Waals surface area contributed by atoms with Crippen LogP contribution in [0.1, 0.15) is 44.5 Å². The van der Waals surface area contributed by atoms with Gasteiger partial charge in [-0.2, -0.15) is 0 Å². The quantitative estimate of drug-likeness (QED) is 0.254. The molecule has 0 aliphatic heterocycles. The topological polar surface area (TPSA) is 48.0 Å². The second-order valence-electron chi connectivity index (χ2n) is 8.00. The number of hydrogen-bond donors (Lipinski definition) is 0. The second-order valence-corrected chi connectivity index (χ2v) is 9.82. The zero-order chi connectivity index (χ0) is 25.3. The number of amides is 1. The van der Waals surface area contributed by atoms with E-state index in [1.54, 1.807) is 36.4 Å². The van der Waals surface area contributed by atoms with Gasteiger partial charge >= 0.3 is 0 Å². The standard InChI is InChI=1S/C25H29Cl4NO4/c1-16(2)30(17(3)4)25(31)18-6-8-19(9-7-18)32-11-5-12-34-24-21(26)14-20(15-22(24)27)33-13-10-23(28)29/h6-10,14-17H,5,11-13H2,1-4H3. The Kier molecular flexibility index (Phi) is 11.7. The Morgan fingerprint density at radius 1 is 0.882 bits per heavy atom. The highest BCUT2D eigenvalue weighted by molar-refractivity contribution is 6.55. The second kappa shape index (κ2) is 13.9. The van der Waals surface area contributed by atoms with E-state index >= 15 is 0 Å². The van der Waals surface area contributed by atoms with Gasteiger partial charge in [0, 0.05) is 36.2 Å². The van der Waals surface area contributed by atoms with Crippen molar-refractivity contribution in [1.82, 2.24) is 4.90 Å². The van der Waals surface area contributed by atoms with Gasteiger partial charge in [0.25, 0.3) is 5.91 Å². The first-order valence-corrected chi connectivity index (χ1v) is 12.4. The molecule has 34 heavy (non-hydrogen) atoms. The van der Waals surface area contributed by atoms with Crippen molar-refractivity contribution in [2.45, 2.75) is 46.2 Å². The van der Waals surface area contributed by atoms with E-state index in [0.717, 1.165) is 0 Å². The molecule has 0 bridgehead atoms. The molecule has 0 radical (unpaired) electrons. The summed E-state index contributed by atoms with van der Waals surface area (Å²) in [5, 5.41) is 0.669. The molecule has 2 rings (SSSR count). The molecule has 0 unspecified atom stereocenters. The molecule has 9 heteroatoms. The lowest BCUT2D eigenvalue weighted by molar-refractivity contribution is 0.0643. The van der Waals surface area contributed by atoms with E-state index in [4.69, 9.17) is 60.6 Å². The summed E-state index contributed by atoms with van der Waals surface area (Å²) in [6, 6.07) is 10.6. The molecule has 0 spiro atoms. The molecule has 0 N–H and O–H groups in total. The normalized spacial score (nSPS) is 10.9. The van der Waals surface area contributed by atoms with Crippen molar-refractivity contribution < 1.29 is 19.0 Å². The first kappa shape index (κ1) is 28.4. The third-order valence-electron chi connectivity index (χ3n) is 4.71. The lowest BCUT2D eigenvalue weighted by Crippen LogP contribution is -2.42. The summed E-state index contributed by atoms with van der Waals surface area (Å²) in [7, 11) is 0. The average Bonchev–Trinajstić information content (AvgIpc) is 2.74. The average molecular weight is 549 g/mol. The number of halogens is 4. The molecule has 0 saturated heterocycles. The Labute approximate surface area is 221 Å². The molecule has 0 atom stereocenters. The number of ether oxygens (including phenoxy) is 3. The molecule has 0 fully saturated rings. The maximum absolute atomic E-state index is 12.8. The molecular formula is C25H29Cl4NO4. The summed E-state index contributed by atoms with van der Waals surface area (Å²) in [5.74, 6) is 1.54. The SMILES string of the molecule is CC(C)N(C(=O)c1ccc(OCCCOc2c(Cl)cc(OCC=C(Cl)Cl)cc2Cl)cc1)C(C)C. The first-order valence-electron chi connectivity index (χ1n) is 10.9. The minimum Gasteiger partial charge on any atom is -0.493 e. The van der Waals surface area contributed by atoms with E-state index < -0.39 is 0 Å². The van der Waals surface area contributed by atoms with Crippen LogP contribution in [0.5, 0.6) is 17.2 Å². The molecule has 186 valence electrons. The van der Waals surface area contributed by atoms with Crippen molar-refractivity contribution in [2.24, 2.45) is 0 Å². The van der Waals surface area contributed by atoms with E-state index in [2.05, 4.69) is 0 Å². The highest BCUT2D eigenvalue weighted by Gasteiger charge is 2.21. The van der Waals surface area contributed by atoms with E-state index in [0.29, 0.717) is 52.5 Å². The van der Waals surface area contributed by atoms with Crippen LogP contribution in [0, 0.1) is 0 Å². The van der Waals surface area contributed by atoms with Gasteiger partial charge in [0.15, 0.2) is 5.75 Å². The number of nitrogens with zero attached hydrogens (tertiary/aromatic N) is 1. The molecule has 0 aromatic heterocycles. The van der Waals surface area contributed by atoms with E-state index in [1.807, 2.05) is 32.6 Å². The van der Waals surface area contributed by atoms with E-state index in [-0.39, 0.29) is 29.1 Å². The summed E-state index contributed by atoms with van der Waals surface area (Å²) in [5.41, 5.74) is 0.636. The van der Waals surface area contributed by atoms with Crippen molar-refractivity contribution in [1.29, 1.82) is 0 Å². The fourth-order valence-corrected chi connectivity index (χ4v) is 3.99. The summed E-state index contributed by atoms with van der Waals surface area (Å²) in [6.07, 6.45) is 2.12.